The topological polar surface area (TPSA) is 99.2 Å². The zero-order chi connectivity index (χ0) is 26.8. The fourth-order valence-electron chi connectivity index (χ4n) is 5.95. The molecular formula is C31H32N4O4. The second kappa shape index (κ2) is 10.9. The Hall–Kier alpha value is -4.20. The van der Waals surface area contributed by atoms with Crippen LogP contribution < -0.4 is 4.74 Å². The zero-order valence-corrected chi connectivity index (χ0v) is 22.2. The Morgan fingerprint density at radius 3 is 2.62 bits per heavy atom. The standard InChI is InChI=1S/C31H32N4O4/c1-3-37-29-22(19(2)38-31(36)39-21-13-8-5-9-14-21)15-10-16-25(29)26-24-18-17-23(20-11-6-4-7-12-20)27(26)28(24)30-32-34-35-33-30/h4,6-7,10-12,15-19,21,26H,3,5,8-9,13-14H2,1-2H3,(H,32,33,34,35). The molecule has 1 heterocycles. The van der Waals surface area contributed by atoms with E-state index in [1.54, 1.807) is 0 Å². The number of ether oxygens (including phenoxy) is 3. The van der Waals surface area contributed by atoms with Crippen LogP contribution in [-0.4, -0.2) is 39.5 Å². The van der Waals surface area contributed by atoms with Crippen LogP contribution in [0.4, 0.5) is 4.79 Å². The molecule has 2 atom stereocenters. The third-order valence-corrected chi connectivity index (χ3v) is 7.73. The Bertz CT molecular complexity index is 1440. The highest BCUT2D eigenvalue weighted by molar-refractivity contribution is 6.06. The lowest BCUT2D eigenvalue weighted by Crippen LogP contribution is -2.25. The molecule has 3 aromatic rings. The first-order valence-electron chi connectivity index (χ1n) is 13.7. The summed E-state index contributed by atoms with van der Waals surface area (Å²) >= 11 is 0. The number of tetrazole rings is 1. The molecular weight excluding hydrogens is 492 g/mol. The fourth-order valence-corrected chi connectivity index (χ4v) is 5.95. The molecule has 200 valence electrons. The number of hydrogen-bond acceptors (Lipinski definition) is 7. The van der Waals surface area contributed by atoms with Gasteiger partial charge in [-0.1, -0.05) is 67.1 Å². The van der Waals surface area contributed by atoms with Crippen LogP contribution in [0.5, 0.6) is 5.75 Å². The number of para-hydroxylation sites is 1. The van der Waals surface area contributed by atoms with Gasteiger partial charge in [-0.05, 0) is 67.0 Å². The summed E-state index contributed by atoms with van der Waals surface area (Å²) < 4.78 is 17.6. The molecule has 0 saturated heterocycles. The minimum absolute atomic E-state index is 0.0402. The maximum atomic E-state index is 12.7. The first kappa shape index (κ1) is 25.1. The van der Waals surface area contributed by atoms with Gasteiger partial charge < -0.3 is 14.2 Å². The second-order valence-corrected chi connectivity index (χ2v) is 10.1. The minimum atomic E-state index is -0.623. The molecule has 1 saturated carbocycles. The summed E-state index contributed by atoms with van der Waals surface area (Å²) in [7, 11) is 0. The van der Waals surface area contributed by atoms with Crippen LogP contribution in [0.3, 0.4) is 0 Å². The number of aromatic amines is 1. The average molecular weight is 525 g/mol. The summed E-state index contributed by atoms with van der Waals surface area (Å²) in [5.74, 6) is 1.26. The summed E-state index contributed by atoms with van der Waals surface area (Å²) in [6, 6.07) is 16.3. The smallest absolute Gasteiger partial charge is 0.493 e. The minimum Gasteiger partial charge on any atom is -0.493 e. The van der Waals surface area contributed by atoms with E-state index in [1.807, 2.05) is 44.2 Å². The summed E-state index contributed by atoms with van der Waals surface area (Å²) in [6.45, 7) is 4.31. The van der Waals surface area contributed by atoms with Crippen molar-refractivity contribution in [3.63, 3.8) is 0 Å². The molecule has 8 nitrogen and oxygen atoms in total. The van der Waals surface area contributed by atoms with E-state index in [0.29, 0.717) is 12.4 Å². The highest BCUT2D eigenvalue weighted by Gasteiger charge is 2.44. The first-order chi connectivity index (χ1) is 19.2. The lowest BCUT2D eigenvalue weighted by molar-refractivity contribution is -0.00797. The van der Waals surface area contributed by atoms with Gasteiger partial charge in [0.15, 0.2) is 0 Å². The maximum absolute atomic E-state index is 12.7. The number of nitrogens with zero attached hydrogens (tertiary/aromatic N) is 3. The molecule has 2 unspecified atom stereocenters. The van der Waals surface area contributed by atoms with Crippen molar-refractivity contribution in [1.29, 1.82) is 0 Å². The van der Waals surface area contributed by atoms with Crippen molar-refractivity contribution in [3.8, 4) is 5.75 Å². The molecule has 0 spiro atoms. The third kappa shape index (κ3) is 4.75. The molecule has 1 fully saturated rings. The monoisotopic (exact) mass is 524 g/mol. The Morgan fingerprint density at radius 2 is 1.87 bits per heavy atom. The second-order valence-electron chi connectivity index (χ2n) is 10.1. The molecule has 8 heteroatoms. The highest BCUT2D eigenvalue weighted by atomic mass is 16.7. The van der Waals surface area contributed by atoms with Crippen molar-refractivity contribution in [1.82, 2.24) is 20.6 Å². The van der Waals surface area contributed by atoms with Crippen molar-refractivity contribution in [3.05, 3.63) is 94.3 Å². The van der Waals surface area contributed by atoms with Crippen LogP contribution in [0, 0.1) is 0 Å². The lowest BCUT2D eigenvalue weighted by Gasteiger charge is -2.41. The van der Waals surface area contributed by atoms with Crippen LogP contribution in [0.2, 0.25) is 0 Å². The van der Waals surface area contributed by atoms with E-state index in [2.05, 4.69) is 51.0 Å². The number of aromatic nitrogens is 4. The van der Waals surface area contributed by atoms with Crippen LogP contribution in [0.1, 0.15) is 80.5 Å². The van der Waals surface area contributed by atoms with Crippen LogP contribution in [0.15, 0.2) is 71.8 Å². The molecule has 1 aromatic heterocycles. The quantitative estimate of drug-likeness (QED) is 0.327. The number of carbonyl (C=O) groups is 1. The zero-order valence-electron chi connectivity index (χ0n) is 22.2. The first-order valence-corrected chi connectivity index (χ1v) is 13.7. The van der Waals surface area contributed by atoms with Gasteiger partial charge in [-0.25, -0.2) is 4.79 Å². The van der Waals surface area contributed by atoms with Gasteiger partial charge in [0.2, 0.25) is 5.82 Å². The van der Waals surface area contributed by atoms with Gasteiger partial charge in [0.25, 0.3) is 0 Å². The van der Waals surface area contributed by atoms with Gasteiger partial charge in [0, 0.05) is 22.6 Å². The number of fused-ring (bicyclic) bond motifs is 2. The van der Waals surface area contributed by atoms with E-state index < -0.39 is 12.3 Å². The average Bonchev–Trinajstić information content (AvgIpc) is 3.49. The SMILES string of the molecule is CCOc1c(C(C)OC(=O)OC2CCCCC2)cccc1C1c2ccc(-c3ccccc3)c1c2-c1nn[nH]n1. The molecule has 0 aliphatic heterocycles. The maximum Gasteiger partial charge on any atom is 0.509 e. The highest BCUT2D eigenvalue weighted by Crippen LogP contribution is 2.60. The Balaban J connectivity index is 1.34. The van der Waals surface area contributed by atoms with Gasteiger partial charge in [-0.15, -0.1) is 10.2 Å². The third-order valence-electron chi connectivity index (χ3n) is 7.73. The van der Waals surface area contributed by atoms with Crippen molar-refractivity contribution in [2.75, 3.05) is 6.61 Å². The van der Waals surface area contributed by atoms with Crippen LogP contribution >= 0.6 is 0 Å². The number of benzene rings is 2. The van der Waals surface area contributed by atoms with Gasteiger partial charge in [-0.3, -0.25) is 0 Å². The molecule has 2 bridgehead atoms. The molecule has 0 amide bonds. The van der Waals surface area contributed by atoms with E-state index in [-0.39, 0.29) is 12.0 Å². The van der Waals surface area contributed by atoms with Crippen LogP contribution in [-0.2, 0) is 9.47 Å². The van der Waals surface area contributed by atoms with Crippen molar-refractivity contribution in [2.24, 2.45) is 0 Å². The number of carbonyl (C=O) groups excluding carboxylic acids is 1. The molecule has 2 aromatic carbocycles. The number of allylic oxidation sites excluding steroid dienone is 6. The summed E-state index contributed by atoms with van der Waals surface area (Å²) in [5, 5.41) is 15.0. The number of rotatable bonds is 8. The predicted molar refractivity (Wildman–Crippen MR) is 147 cm³/mol. The molecule has 3 aliphatic rings. The molecule has 39 heavy (non-hydrogen) atoms. The molecule has 3 aliphatic carbocycles. The summed E-state index contributed by atoms with van der Waals surface area (Å²) in [5.41, 5.74) is 7.28. The number of H-pyrrole nitrogens is 1. The normalized spacial score (nSPS) is 19.5. The van der Waals surface area contributed by atoms with E-state index in [0.717, 1.165) is 70.4 Å². The van der Waals surface area contributed by atoms with E-state index in [9.17, 15) is 4.79 Å². The van der Waals surface area contributed by atoms with Crippen molar-refractivity contribution < 1.29 is 19.0 Å². The predicted octanol–water partition coefficient (Wildman–Crippen LogP) is 6.72. The fraction of sp³-hybridized carbons (Fsp3) is 0.355. The van der Waals surface area contributed by atoms with E-state index in [1.165, 1.54) is 6.42 Å². The largest absolute Gasteiger partial charge is 0.509 e. The van der Waals surface area contributed by atoms with Crippen LogP contribution in [0.25, 0.3) is 11.1 Å². The van der Waals surface area contributed by atoms with Crippen molar-refractivity contribution in [2.45, 2.75) is 64.1 Å². The van der Waals surface area contributed by atoms with E-state index in [4.69, 9.17) is 14.2 Å². The van der Waals surface area contributed by atoms with Gasteiger partial charge in [0.1, 0.15) is 18.0 Å². The molecule has 1 N–H and O–H groups in total. The van der Waals surface area contributed by atoms with Gasteiger partial charge in [0.05, 0.1) is 6.61 Å². The molecule has 0 radical (unpaired) electrons. The number of nitrogens with one attached hydrogen (secondary N) is 1. The Morgan fingerprint density at radius 1 is 1.05 bits per heavy atom. The van der Waals surface area contributed by atoms with E-state index >= 15 is 0 Å². The van der Waals surface area contributed by atoms with Gasteiger partial charge >= 0.3 is 6.16 Å². The lowest BCUT2D eigenvalue weighted by atomic mass is 9.62. The molecule has 6 rings (SSSR count). The number of hydrogen-bond donors (Lipinski definition) is 1. The summed E-state index contributed by atoms with van der Waals surface area (Å²) in [4.78, 5) is 12.7. The Labute approximate surface area is 227 Å². The Kier molecular flexibility index (Phi) is 7.00. The van der Waals surface area contributed by atoms with Gasteiger partial charge in [-0.2, -0.15) is 5.21 Å². The summed E-state index contributed by atoms with van der Waals surface area (Å²) in [6.07, 6.45) is 8.23. The van der Waals surface area contributed by atoms with Crippen molar-refractivity contribution >= 4 is 17.3 Å².